The van der Waals surface area contributed by atoms with Gasteiger partial charge >= 0.3 is 0 Å². The number of hydrazine groups is 1. The van der Waals surface area contributed by atoms with Crippen molar-refractivity contribution in [1.82, 2.24) is 20.3 Å². The Balaban J connectivity index is 1.75. The van der Waals surface area contributed by atoms with Gasteiger partial charge in [0.1, 0.15) is 11.7 Å². The molecule has 10 heteroatoms. The van der Waals surface area contributed by atoms with Crippen LogP contribution in [0.1, 0.15) is 23.8 Å². The smallest absolute Gasteiger partial charge is 0.288 e. The monoisotopic (exact) mass is 431 g/mol. The lowest BCUT2D eigenvalue weighted by Gasteiger charge is -2.24. The van der Waals surface area contributed by atoms with Crippen LogP contribution in [0.15, 0.2) is 48.7 Å². The summed E-state index contributed by atoms with van der Waals surface area (Å²) >= 11 is 11.2. The van der Waals surface area contributed by atoms with Gasteiger partial charge in [0.15, 0.2) is 5.11 Å². The Morgan fingerprint density at radius 1 is 1.21 bits per heavy atom. The lowest BCUT2D eigenvalue weighted by molar-refractivity contribution is -0.130. The number of amides is 3. The maximum Gasteiger partial charge on any atom is 0.288 e. The molecule has 1 aliphatic rings. The van der Waals surface area contributed by atoms with Gasteiger partial charge in [-0.25, -0.2) is 5.01 Å². The molecule has 29 heavy (non-hydrogen) atoms. The van der Waals surface area contributed by atoms with Crippen LogP contribution in [0.5, 0.6) is 0 Å². The lowest BCUT2D eigenvalue weighted by Crippen LogP contribution is -2.49. The molecular formula is C19H18ClN5O3S. The van der Waals surface area contributed by atoms with Crippen LogP contribution in [-0.4, -0.2) is 50.3 Å². The number of carbonyl (C=O) groups excluding carboxylic acids is 3. The van der Waals surface area contributed by atoms with Crippen molar-refractivity contribution in [1.29, 1.82) is 0 Å². The molecule has 8 nitrogen and oxygen atoms in total. The molecule has 3 amide bonds. The topological polar surface area (TPSA) is 94.6 Å². The maximum atomic E-state index is 12.7. The van der Waals surface area contributed by atoms with E-state index in [-0.39, 0.29) is 23.1 Å². The summed E-state index contributed by atoms with van der Waals surface area (Å²) in [6.07, 6.45) is 1.29. The van der Waals surface area contributed by atoms with Gasteiger partial charge in [0.2, 0.25) is 5.91 Å². The number of aromatic nitrogens is 1. The molecule has 1 aliphatic heterocycles. The van der Waals surface area contributed by atoms with Crippen LogP contribution in [0.3, 0.4) is 0 Å². The summed E-state index contributed by atoms with van der Waals surface area (Å²) in [7, 11) is 0. The molecule has 150 valence electrons. The fraction of sp³-hybridized carbons (Fsp3) is 0.211. The molecular weight excluding hydrogens is 414 g/mol. The number of rotatable bonds is 6. The van der Waals surface area contributed by atoms with Crippen LogP contribution in [0, 0.1) is 0 Å². The van der Waals surface area contributed by atoms with E-state index >= 15 is 0 Å². The van der Waals surface area contributed by atoms with E-state index in [1.165, 1.54) is 22.2 Å². The van der Waals surface area contributed by atoms with Crippen LogP contribution in [0.2, 0.25) is 5.02 Å². The van der Waals surface area contributed by atoms with Crippen molar-refractivity contribution in [3.63, 3.8) is 0 Å². The van der Waals surface area contributed by atoms with Gasteiger partial charge < -0.3 is 5.32 Å². The number of benzene rings is 1. The number of nitrogens with zero attached hydrogens (tertiary/aromatic N) is 3. The van der Waals surface area contributed by atoms with Gasteiger partial charge in [-0.1, -0.05) is 17.7 Å². The molecule has 0 saturated carbocycles. The third-order valence-electron chi connectivity index (χ3n) is 4.24. The van der Waals surface area contributed by atoms with Gasteiger partial charge in [0, 0.05) is 23.5 Å². The molecule has 1 atom stereocenters. The second kappa shape index (κ2) is 8.97. The number of nitrogens with one attached hydrogen (secondary N) is 2. The number of thiocarbonyl (C=S) groups is 1. The molecule has 0 aliphatic carbocycles. The summed E-state index contributed by atoms with van der Waals surface area (Å²) in [6, 6.07) is 10.5. The third kappa shape index (κ3) is 4.69. The zero-order chi connectivity index (χ0) is 21.0. The fourth-order valence-electron chi connectivity index (χ4n) is 2.83. The minimum Gasteiger partial charge on any atom is -0.326 e. The molecule has 1 aromatic carbocycles. The maximum absolute atomic E-state index is 12.7. The number of hydrogen-bond acceptors (Lipinski definition) is 5. The Morgan fingerprint density at radius 3 is 2.55 bits per heavy atom. The van der Waals surface area contributed by atoms with Crippen LogP contribution < -0.4 is 10.7 Å². The van der Waals surface area contributed by atoms with Gasteiger partial charge in [-0.15, -0.1) is 0 Å². The zero-order valence-electron chi connectivity index (χ0n) is 15.5. The van der Waals surface area contributed by atoms with Gasteiger partial charge in [-0.3, -0.25) is 29.7 Å². The Kier molecular flexibility index (Phi) is 6.40. The molecule has 2 heterocycles. The quantitative estimate of drug-likeness (QED) is 0.681. The average molecular weight is 432 g/mol. The molecule has 1 unspecified atom stereocenters. The first-order valence-corrected chi connectivity index (χ1v) is 9.61. The molecule has 3 rings (SSSR count). The van der Waals surface area contributed by atoms with E-state index in [0.717, 1.165) is 0 Å². The van der Waals surface area contributed by atoms with Gasteiger partial charge in [-0.05, 0) is 55.5 Å². The molecule has 0 bridgehead atoms. The number of anilines is 1. The summed E-state index contributed by atoms with van der Waals surface area (Å²) in [5.74, 6) is -1.28. The number of carbonyl (C=O) groups is 3. The van der Waals surface area contributed by atoms with E-state index < -0.39 is 17.9 Å². The van der Waals surface area contributed by atoms with E-state index in [2.05, 4.69) is 15.7 Å². The number of hydrogen-bond donors (Lipinski definition) is 2. The zero-order valence-corrected chi connectivity index (χ0v) is 17.0. The highest BCUT2D eigenvalue weighted by molar-refractivity contribution is 7.80. The van der Waals surface area contributed by atoms with Gasteiger partial charge in [0.05, 0.1) is 6.42 Å². The van der Waals surface area contributed by atoms with Crippen molar-refractivity contribution in [2.24, 2.45) is 0 Å². The van der Waals surface area contributed by atoms with E-state index in [9.17, 15) is 14.4 Å². The molecule has 0 radical (unpaired) electrons. The van der Waals surface area contributed by atoms with E-state index in [4.69, 9.17) is 23.8 Å². The normalized spacial score (nSPS) is 16.1. The van der Waals surface area contributed by atoms with Gasteiger partial charge in [0.25, 0.3) is 11.8 Å². The highest BCUT2D eigenvalue weighted by Gasteiger charge is 2.44. The van der Waals surface area contributed by atoms with Gasteiger partial charge in [-0.2, -0.15) is 0 Å². The summed E-state index contributed by atoms with van der Waals surface area (Å²) in [5.41, 5.74) is 3.31. The van der Waals surface area contributed by atoms with Crippen molar-refractivity contribution in [2.45, 2.75) is 19.4 Å². The molecule has 1 fully saturated rings. The average Bonchev–Trinajstić information content (AvgIpc) is 2.93. The van der Waals surface area contributed by atoms with Crippen molar-refractivity contribution < 1.29 is 14.4 Å². The third-order valence-corrected chi connectivity index (χ3v) is 4.91. The van der Waals surface area contributed by atoms with Crippen LogP contribution in [0.4, 0.5) is 5.69 Å². The second-order valence-corrected chi connectivity index (χ2v) is 6.97. The molecule has 1 saturated heterocycles. The number of pyridine rings is 1. The van der Waals surface area contributed by atoms with E-state index in [1.54, 1.807) is 43.3 Å². The van der Waals surface area contributed by atoms with Crippen LogP contribution in [0.25, 0.3) is 0 Å². The highest BCUT2D eigenvalue weighted by Crippen LogP contribution is 2.20. The first-order valence-electron chi connectivity index (χ1n) is 8.82. The first kappa shape index (κ1) is 20.7. The predicted octanol–water partition coefficient (Wildman–Crippen LogP) is 2.23. The van der Waals surface area contributed by atoms with Crippen molar-refractivity contribution >= 4 is 52.3 Å². The van der Waals surface area contributed by atoms with Crippen LogP contribution >= 0.6 is 23.8 Å². The standard InChI is InChI=1S/C19H18ClN5O3S/c1-2-24-18(28)15(11-16(26)22-13-8-6-12(20)7-9-13)25(19(24)29)23-17(27)14-5-3-4-10-21-14/h3-10,15H,2,11H2,1H3,(H,22,26)(H,23,27). The summed E-state index contributed by atoms with van der Waals surface area (Å²) < 4.78 is 0. The number of halogens is 1. The minimum absolute atomic E-state index is 0.131. The number of likely N-dealkylation sites (N-methyl/N-ethyl adjacent to an activating group) is 1. The molecule has 1 aromatic heterocycles. The lowest BCUT2D eigenvalue weighted by atomic mass is 10.2. The SMILES string of the molecule is CCN1C(=O)C(CC(=O)Nc2ccc(Cl)cc2)N(NC(=O)c2ccccn2)C1=S. The van der Waals surface area contributed by atoms with E-state index in [1.807, 2.05) is 0 Å². The molecule has 2 N–H and O–H groups in total. The van der Waals surface area contributed by atoms with Crippen molar-refractivity contribution in [2.75, 3.05) is 11.9 Å². The first-order chi connectivity index (χ1) is 13.9. The summed E-state index contributed by atoms with van der Waals surface area (Å²) in [4.78, 5) is 43.0. The van der Waals surface area contributed by atoms with E-state index in [0.29, 0.717) is 17.3 Å². The molecule has 0 spiro atoms. The van der Waals surface area contributed by atoms with Crippen molar-refractivity contribution in [3.8, 4) is 0 Å². The van der Waals surface area contributed by atoms with Crippen molar-refractivity contribution in [3.05, 3.63) is 59.4 Å². The summed E-state index contributed by atoms with van der Waals surface area (Å²) in [5, 5.41) is 4.63. The largest absolute Gasteiger partial charge is 0.326 e. The Hall–Kier alpha value is -3.04. The Bertz CT molecular complexity index is 939. The predicted molar refractivity (Wildman–Crippen MR) is 112 cm³/mol. The Labute approximate surface area is 177 Å². The highest BCUT2D eigenvalue weighted by atomic mass is 35.5. The van der Waals surface area contributed by atoms with Crippen LogP contribution in [-0.2, 0) is 9.59 Å². The Morgan fingerprint density at radius 2 is 1.93 bits per heavy atom. The molecule has 2 aromatic rings. The summed E-state index contributed by atoms with van der Waals surface area (Å²) in [6.45, 7) is 2.09. The fourth-order valence-corrected chi connectivity index (χ4v) is 3.35. The second-order valence-electron chi connectivity index (χ2n) is 6.17. The minimum atomic E-state index is -0.956.